The minimum Gasteiger partial charge on any atom is -0.353 e. The highest BCUT2D eigenvalue weighted by atomic mass is 16.5. The smallest absolute Gasteiger partial charge is 0.224 e. The van der Waals surface area contributed by atoms with Crippen molar-refractivity contribution in [1.82, 2.24) is 10.2 Å². The number of rotatable bonds is 2. The van der Waals surface area contributed by atoms with Gasteiger partial charge in [-0.3, -0.25) is 4.90 Å². The summed E-state index contributed by atoms with van der Waals surface area (Å²) in [6, 6.07) is 0. The highest BCUT2D eigenvalue weighted by Gasteiger charge is 2.30. The Hall–Kier alpha value is -0.160. The molecule has 0 aromatic heterocycles. The lowest BCUT2D eigenvalue weighted by Gasteiger charge is -2.37. The predicted molar refractivity (Wildman–Crippen MR) is 41.9 cm³/mol. The average molecular weight is 160 g/mol. The third kappa shape index (κ3) is 2.13. The van der Waals surface area contributed by atoms with Crippen molar-refractivity contribution in [2.75, 3.05) is 26.2 Å². The van der Waals surface area contributed by atoms with Crippen molar-refractivity contribution in [1.29, 1.82) is 0 Å². The van der Waals surface area contributed by atoms with Gasteiger partial charge in [-0.2, -0.15) is 0 Å². The summed E-state index contributed by atoms with van der Waals surface area (Å²) in [6.07, 6.45) is 0.354. The van der Waals surface area contributed by atoms with Crippen molar-refractivity contribution in [3.63, 3.8) is 0 Å². The monoisotopic (exact) mass is 160 g/mol. The summed E-state index contributed by atoms with van der Waals surface area (Å²) in [5.41, 5.74) is 0. The first-order valence-electron chi connectivity index (χ1n) is 4.07. The van der Waals surface area contributed by atoms with E-state index in [0.29, 0.717) is 19.5 Å². The number of nitrogens with one attached hydrogen (secondary N) is 1. The Bertz CT molecular complexity index is 122. The van der Waals surface area contributed by atoms with E-state index in [4.69, 9.17) is 0 Å². The van der Waals surface area contributed by atoms with Gasteiger partial charge in [0, 0.05) is 32.6 Å². The minimum atomic E-state index is -1.60. The van der Waals surface area contributed by atoms with Crippen LogP contribution in [0.1, 0.15) is 13.3 Å². The van der Waals surface area contributed by atoms with Crippen LogP contribution in [0.15, 0.2) is 0 Å². The van der Waals surface area contributed by atoms with Gasteiger partial charge < -0.3 is 15.5 Å². The van der Waals surface area contributed by atoms with Crippen molar-refractivity contribution < 1.29 is 10.2 Å². The van der Waals surface area contributed by atoms with Crippen LogP contribution in [0.2, 0.25) is 0 Å². The van der Waals surface area contributed by atoms with E-state index in [1.807, 2.05) is 0 Å². The lowest BCUT2D eigenvalue weighted by atomic mass is 10.2. The Morgan fingerprint density at radius 2 is 1.91 bits per heavy atom. The summed E-state index contributed by atoms with van der Waals surface area (Å²) in [6.45, 7) is 4.86. The second-order valence-corrected chi connectivity index (χ2v) is 2.86. The topological polar surface area (TPSA) is 55.7 Å². The molecule has 1 rings (SSSR count). The second-order valence-electron chi connectivity index (χ2n) is 2.86. The van der Waals surface area contributed by atoms with Crippen molar-refractivity contribution in [3.8, 4) is 0 Å². The van der Waals surface area contributed by atoms with Crippen LogP contribution in [0, 0.1) is 0 Å². The van der Waals surface area contributed by atoms with Gasteiger partial charge in [-0.1, -0.05) is 6.92 Å². The van der Waals surface area contributed by atoms with E-state index in [0.717, 1.165) is 13.1 Å². The molecule has 11 heavy (non-hydrogen) atoms. The molecule has 1 heterocycles. The van der Waals surface area contributed by atoms with E-state index in [1.165, 1.54) is 0 Å². The molecule has 4 heteroatoms. The Morgan fingerprint density at radius 3 is 2.36 bits per heavy atom. The highest BCUT2D eigenvalue weighted by Crippen LogP contribution is 2.12. The van der Waals surface area contributed by atoms with E-state index in [2.05, 4.69) is 5.32 Å². The Kier molecular flexibility index (Phi) is 2.84. The predicted octanol–water partition coefficient (Wildman–Crippen LogP) is -1.06. The summed E-state index contributed by atoms with van der Waals surface area (Å²) in [7, 11) is 0. The van der Waals surface area contributed by atoms with Crippen LogP contribution in [-0.2, 0) is 0 Å². The first kappa shape index (κ1) is 8.93. The Morgan fingerprint density at radius 1 is 1.36 bits per heavy atom. The normalized spacial score (nSPS) is 22.1. The quantitative estimate of drug-likeness (QED) is 0.451. The maximum atomic E-state index is 9.40. The molecule has 3 N–H and O–H groups in total. The summed E-state index contributed by atoms with van der Waals surface area (Å²) in [4.78, 5) is 1.68. The van der Waals surface area contributed by atoms with Crippen LogP contribution in [0.4, 0.5) is 0 Å². The van der Waals surface area contributed by atoms with E-state index < -0.39 is 5.91 Å². The largest absolute Gasteiger partial charge is 0.353 e. The summed E-state index contributed by atoms with van der Waals surface area (Å²) in [5, 5.41) is 22.0. The van der Waals surface area contributed by atoms with Gasteiger partial charge in [0.25, 0.3) is 0 Å². The van der Waals surface area contributed by atoms with Crippen LogP contribution in [-0.4, -0.2) is 47.2 Å². The van der Waals surface area contributed by atoms with Crippen molar-refractivity contribution >= 4 is 0 Å². The van der Waals surface area contributed by atoms with Crippen LogP contribution in [0.25, 0.3) is 0 Å². The molecule has 0 aliphatic carbocycles. The van der Waals surface area contributed by atoms with Crippen LogP contribution >= 0.6 is 0 Å². The van der Waals surface area contributed by atoms with Gasteiger partial charge in [0.1, 0.15) is 0 Å². The van der Waals surface area contributed by atoms with E-state index in [-0.39, 0.29) is 0 Å². The first-order valence-corrected chi connectivity index (χ1v) is 4.07. The van der Waals surface area contributed by atoms with Crippen LogP contribution < -0.4 is 5.32 Å². The van der Waals surface area contributed by atoms with Gasteiger partial charge in [0.05, 0.1) is 0 Å². The Labute approximate surface area is 66.8 Å². The van der Waals surface area contributed by atoms with Gasteiger partial charge >= 0.3 is 0 Å². The Balaban J connectivity index is 2.43. The molecule has 1 aliphatic rings. The lowest BCUT2D eigenvalue weighted by molar-refractivity contribution is -0.267. The van der Waals surface area contributed by atoms with Gasteiger partial charge in [0.2, 0.25) is 5.91 Å². The third-order valence-electron chi connectivity index (χ3n) is 2.10. The molecule has 0 radical (unpaired) electrons. The third-order valence-corrected chi connectivity index (χ3v) is 2.10. The fraction of sp³-hybridized carbons (Fsp3) is 1.00. The molecule has 0 amide bonds. The lowest BCUT2D eigenvalue weighted by Crippen LogP contribution is -2.56. The van der Waals surface area contributed by atoms with Gasteiger partial charge in [0.15, 0.2) is 0 Å². The SMILES string of the molecule is CCC(O)(O)N1CCNCC1. The maximum Gasteiger partial charge on any atom is 0.224 e. The highest BCUT2D eigenvalue weighted by molar-refractivity contribution is 4.73. The molecular formula is C7H16N2O2. The number of piperazine rings is 1. The number of hydrogen-bond donors (Lipinski definition) is 3. The molecule has 0 aromatic carbocycles. The molecule has 66 valence electrons. The van der Waals surface area contributed by atoms with Crippen molar-refractivity contribution in [3.05, 3.63) is 0 Å². The van der Waals surface area contributed by atoms with Gasteiger partial charge in [-0.25, -0.2) is 0 Å². The fourth-order valence-electron chi connectivity index (χ4n) is 1.25. The van der Waals surface area contributed by atoms with Gasteiger partial charge in [-0.05, 0) is 0 Å². The fourth-order valence-corrected chi connectivity index (χ4v) is 1.25. The number of hydrogen-bond acceptors (Lipinski definition) is 4. The molecule has 1 aliphatic heterocycles. The molecule has 0 saturated carbocycles. The molecule has 0 spiro atoms. The number of aliphatic hydroxyl groups is 2. The second kappa shape index (κ2) is 3.49. The minimum absolute atomic E-state index is 0.354. The van der Waals surface area contributed by atoms with Crippen molar-refractivity contribution in [2.45, 2.75) is 19.3 Å². The summed E-state index contributed by atoms with van der Waals surface area (Å²) in [5.74, 6) is -1.60. The molecule has 0 aromatic rings. The standard InChI is InChI=1S/C7H16N2O2/c1-2-7(10,11)9-5-3-8-4-6-9/h8,10-11H,2-6H2,1H3. The molecule has 0 unspecified atom stereocenters. The molecular weight excluding hydrogens is 144 g/mol. The molecule has 4 nitrogen and oxygen atoms in total. The van der Waals surface area contributed by atoms with Crippen LogP contribution in [0.5, 0.6) is 0 Å². The first-order chi connectivity index (χ1) is 5.17. The molecule has 0 bridgehead atoms. The van der Waals surface area contributed by atoms with Gasteiger partial charge in [-0.15, -0.1) is 0 Å². The molecule has 1 saturated heterocycles. The van der Waals surface area contributed by atoms with E-state index in [1.54, 1.807) is 11.8 Å². The zero-order valence-electron chi connectivity index (χ0n) is 6.88. The van der Waals surface area contributed by atoms with E-state index >= 15 is 0 Å². The summed E-state index contributed by atoms with van der Waals surface area (Å²) >= 11 is 0. The van der Waals surface area contributed by atoms with Crippen LogP contribution in [0.3, 0.4) is 0 Å². The summed E-state index contributed by atoms with van der Waals surface area (Å²) < 4.78 is 0. The van der Waals surface area contributed by atoms with E-state index in [9.17, 15) is 10.2 Å². The number of nitrogens with zero attached hydrogens (tertiary/aromatic N) is 1. The average Bonchev–Trinajstić information content (AvgIpc) is 2.06. The molecule has 0 atom stereocenters. The maximum absolute atomic E-state index is 9.40. The molecule has 1 fully saturated rings. The zero-order chi connectivity index (χ0) is 8.32. The van der Waals surface area contributed by atoms with Crippen molar-refractivity contribution in [2.24, 2.45) is 0 Å². The zero-order valence-corrected chi connectivity index (χ0v) is 6.88.